The Kier molecular flexibility index (Phi) is 4.28. The summed E-state index contributed by atoms with van der Waals surface area (Å²) in [5.41, 5.74) is 0.828. The molecule has 0 spiro atoms. The molecule has 1 aromatic heterocycles. The fourth-order valence-electron chi connectivity index (χ4n) is 1.65. The number of nitrogens with zero attached hydrogens (tertiary/aromatic N) is 2. The number of aromatic nitrogens is 2. The lowest BCUT2D eigenvalue weighted by Gasteiger charge is -2.06. The minimum absolute atomic E-state index is 0.00295. The highest BCUT2D eigenvalue weighted by molar-refractivity contribution is 7.89. The van der Waals surface area contributed by atoms with Crippen molar-refractivity contribution in [1.82, 2.24) is 14.7 Å². The van der Waals surface area contributed by atoms with Gasteiger partial charge in [0.25, 0.3) is 0 Å². The molecule has 7 heteroatoms. The number of nitrogens with one attached hydrogen (secondary N) is 2. The van der Waals surface area contributed by atoms with E-state index in [0.29, 0.717) is 12.5 Å². The smallest absolute Gasteiger partial charge is 0.223 e. The van der Waals surface area contributed by atoms with Crippen LogP contribution in [0.1, 0.15) is 6.92 Å². The number of hydrogen-bond donors (Lipinski definition) is 2. The van der Waals surface area contributed by atoms with Gasteiger partial charge in [-0.2, -0.15) is 0 Å². The Morgan fingerprint density at radius 2 is 2.05 bits per heavy atom. The van der Waals surface area contributed by atoms with E-state index in [1.165, 1.54) is 0 Å². The van der Waals surface area contributed by atoms with Gasteiger partial charge in [0, 0.05) is 24.7 Å². The first kappa shape index (κ1) is 13.7. The monoisotopic (exact) mass is 280 g/mol. The quantitative estimate of drug-likeness (QED) is 0.824. The van der Waals surface area contributed by atoms with E-state index in [1.807, 2.05) is 24.3 Å². The Morgan fingerprint density at radius 1 is 1.26 bits per heavy atom. The molecule has 0 amide bonds. The zero-order valence-electron chi connectivity index (χ0n) is 10.6. The Hall–Kier alpha value is -1.73. The number of rotatable bonds is 6. The van der Waals surface area contributed by atoms with Crippen molar-refractivity contribution in [2.75, 3.05) is 24.2 Å². The summed E-state index contributed by atoms with van der Waals surface area (Å²) in [6.45, 7) is 2.42. The van der Waals surface area contributed by atoms with Gasteiger partial charge in [0.05, 0.1) is 11.3 Å². The second-order valence-electron chi connectivity index (χ2n) is 4.00. The van der Waals surface area contributed by atoms with Gasteiger partial charge < -0.3 is 5.32 Å². The lowest BCUT2D eigenvalue weighted by atomic mass is 10.2. The number of sulfonamides is 1. The minimum atomic E-state index is -3.21. The minimum Gasteiger partial charge on any atom is -0.353 e. The van der Waals surface area contributed by atoms with Crippen molar-refractivity contribution in [3.63, 3.8) is 0 Å². The average molecular weight is 280 g/mol. The lowest BCUT2D eigenvalue weighted by Crippen LogP contribution is -2.29. The van der Waals surface area contributed by atoms with Gasteiger partial charge in [-0.1, -0.05) is 25.1 Å². The molecule has 0 atom stereocenters. The second-order valence-corrected chi connectivity index (χ2v) is 5.92. The van der Waals surface area contributed by atoms with E-state index >= 15 is 0 Å². The van der Waals surface area contributed by atoms with Gasteiger partial charge in [-0.25, -0.2) is 23.1 Å². The lowest BCUT2D eigenvalue weighted by molar-refractivity contribution is 0.584. The molecule has 0 radical (unpaired) electrons. The predicted molar refractivity (Wildman–Crippen MR) is 75.5 cm³/mol. The van der Waals surface area contributed by atoms with Crippen LogP contribution in [0.3, 0.4) is 0 Å². The van der Waals surface area contributed by atoms with E-state index in [4.69, 9.17) is 0 Å². The molecule has 1 aromatic carbocycles. The Labute approximate surface area is 112 Å². The van der Waals surface area contributed by atoms with E-state index in [2.05, 4.69) is 20.0 Å². The Bertz CT molecular complexity index is 658. The molecule has 102 valence electrons. The van der Waals surface area contributed by atoms with Gasteiger partial charge in [-0.05, 0) is 6.07 Å². The Morgan fingerprint density at radius 3 is 2.84 bits per heavy atom. The maximum Gasteiger partial charge on any atom is 0.223 e. The molecule has 2 rings (SSSR count). The number of para-hydroxylation sites is 1. The summed E-state index contributed by atoms with van der Waals surface area (Å²) in [5, 5.41) is 3.86. The first-order valence-electron chi connectivity index (χ1n) is 6.04. The number of anilines is 1. The van der Waals surface area contributed by atoms with Gasteiger partial charge in [0.15, 0.2) is 0 Å². The molecular formula is C12H16N4O2S. The molecule has 19 heavy (non-hydrogen) atoms. The van der Waals surface area contributed by atoms with Crippen LogP contribution in [0.25, 0.3) is 10.9 Å². The molecule has 0 saturated carbocycles. The summed E-state index contributed by atoms with van der Waals surface area (Å²) in [5.74, 6) is 0.433. The molecule has 0 bridgehead atoms. The van der Waals surface area contributed by atoms with Crippen LogP contribution in [0.5, 0.6) is 0 Å². The van der Waals surface area contributed by atoms with Crippen LogP contribution in [-0.4, -0.2) is 37.2 Å². The van der Waals surface area contributed by atoms with Crippen molar-refractivity contribution in [3.8, 4) is 0 Å². The number of benzene rings is 1. The van der Waals surface area contributed by atoms with Crippen LogP contribution >= 0.6 is 0 Å². The maximum atomic E-state index is 11.4. The summed E-state index contributed by atoms with van der Waals surface area (Å²) < 4.78 is 25.3. The summed E-state index contributed by atoms with van der Waals surface area (Å²) in [6, 6.07) is 7.63. The molecule has 0 fully saturated rings. The highest BCUT2D eigenvalue weighted by Crippen LogP contribution is 2.11. The number of fused-ring (bicyclic) bond motifs is 1. The third kappa shape index (κ3) is 3.87. The second kappa shape index (κ2) is 5.94. The SMILES string of the molecule is CCNS(=O)(=O)CCNc1ncc2ccccc2n1. The van der Waals surface area contributed by atoms with E-state index in [1.54, 1.807) is 13.1 Å². The van der Waals surface area contributed by atoms with Crippen LogP contribution in [0.15, 0.2) is 30.5 Å². The van der Waals surface area contributed by atoms with Gasteiger partial charge >= 0.3 is 0 Å². The van der Waals surface area contributed by atoms with Crippen LogP contribution in [0.4, 0.5) is 5.95 Å². The van der Waals surface area contributed by atoms with Crippen LogP contribution < -0.4 is 10.0 Å². The van der Waals surface area contributed by atoms with Crippen LogP contribution in [-0.2, 0) is 10.0 Å². The zero-order valence-corrected chi connectivity index (χ0v) is 11.4. The largest absolute Gasteiger partial charge is 0.353 e. The van der Waals surface area contributed by atoms with Crippen molar-refractivity contribution in [3.05, 3.63) is 30.5 Å². The topological polar surface area (TPSA) is 84.0 Å². The highest BCUT2D eigenvalue weighted by atomic mass is 32.2. The maximum absolute atomic E-state index is 11.4. The molecule has 6 nitrogen and oxygen atoms in total. The van der Waals surface area contributed by atoms with Gasteiger partial charge in [0.1, 0.15) is 0 Å². The predicted octanol–water partition coefficient (Wildman–Crippen LogP) is 0.981. The molecule has 2 aromatic rings. The summed E-state index contributed by atoms with van der Waals surface area (Å²) >= 11 is 0. The molecule has 0 saturated heterocycles. The first-order chi connectivity index (χ1) is 9.11. The average Bonchev–Trinajstić information content (AvgIpc) is 2.38. The third-order valence-corrected chi connectivity index (χ3v) is 3.98. The van der Waals surface area contributed by atoms with Crippen molar-refractivity contribution in [1.29, 1.82) is 0 Å². The zero-order chi connectivity index (χ0) is 13.7. The van der Waals surface area contributed by atoms with Gasteiger partial charge in [-0.3, -0.25) is 0 Å². The summed E-state index contributed by atoms with van der Waals surface area (Å²) in [4.78, 5) is 8.44. The van der Waals surface area contributed by atoms with Crippen molar-refractivity contribution in [2.45, 2.75) is 6.92 Å². The molecule has 0 aliphatic heterocycles. The van der Waals surface area contributed by atoms with Crippen LogP contribution in [0, 0.1) is 0 Å². The molecular weight excluding hydrogens is 264 g/mol. The third-order valence-electron chi connectivity index (χ3n) is 2.51. The van der Waals surface area contributed by atoms with Gasteiger partial charge in [0.2, 0.25) is 16.0 Å². The fourth-order valence-corrected chi connectivity index (χ4v) is 2.60. The van der Waals surface area contributed by atoms with Gasteiger partial charge in [-0.15, -0.1) is 0 Å². The number of hydrogen-bond acceptors (Lipinski definition) is 5. The normalized spacial score (nSPS) is 11.6. The molecule has 0 aliphatic rings. The molecule has 0 unspecified atom stereocenters. The Balaban J connectivity index is 1.98. The highest BCUT2D eigenvalue weighted by Gasteiger charge is 2.08. The fraction of sp³-hybridized carbons (Fsp3) is 0.333. The van der Waals surface area contributed by atoms with E-state index in [-0.39, 0.29) is 12.3 Å². The molecule has 2 N–H and O–H groups in total. The molecule has 1 heterocycles. The van der Waals surface area contributed by atoms with E-state index < -0.39 is 10.0 Å². The standard InChI is InChI=1S/C12H16N4O2S/c1-2-15-19(17,18)8-7-13-12-14-9-10-5-3-4-6-11(10)16-12/h3-6,9,15H,2,7-8H2,1H3,(H,13,14,16). The van der Waals surface area contributed by atoms with Crippen molar-refractivity contribution >= 4 is 26.9 Å². The van der Waals surface area contributed by atoms with E-state index in [0.717, 1.165) is 10.9 Å². The summed E-state index contributed by atoms with van der Waals surface area (Å²) in [7, 11) is -3.21. The molecule has 0 aliphatic carbocycles. The van der Waals surface area contributed by atoms with Crippen molar-refractivity contribution < 1.29 is 8.42 Å². The first-order valence-corrected chi connectivity index (χ1v) is 7.69. The van der Waals surface area contributed by atoms with E-state index in [9.17, 15) is 8.42 Å². The summed E-state index contributed by atoms with van der Waals surface area (Å²) in [6.07, 6.45) is 1.71. The van der Waals surface area contributed by atoms with Crippen molar-refractivity contribution in [2.24, 2.45) is 0 Å². The van der Waals surface area contributed by atoms with Crippen LogP contribution in [0.2, 0.25) is 0 Å².